The molecule has 1 saturated heterocycles. The van der Waals surface area contributed by atoms with E-state index in [-0.39, 0.29) is 0 Å². The van der Waals surface area contributed by atoms with Gasteiger partial charge in [0.25, 0.3) is 0 Å². The van der Waals surface area contributed by atoms with Crippen LogP contribution in [0.1, 0.15) is 37.5 Å². The lowest BCUT2D eigenvalue weighted by Crippen LogP contribution is -2.20. The van der Waals surface area contributed by atoms with E-state index in [1.54, 1.807) is 0 Å². The topological polar surface area (TPSA) is 68.2 Å². The van der Waals surface area contributed by atoms with Gasteiger partial charge >= 0.3 is 0 Å². The number of rotatable bonds is 1. The molecule has 0 amide bonds. The summed E-state index contributed by atoms with van der Waals surface area (Å²) in [6, 6.07) is 0. The number of anilines is 2. The van der Waals surface area contributed by atoms with Crippen LogP contribution in [0.15, 0.2) is 4.42 Å². The minimum atomic E-state index is 0.362. The summed E-state index contributed by atoms with van der Waals surface area (Å²) >= 11 is 0. The SMILES string of the molecule is CC1CCc2oc3c(N4CCCC4)nc(N)nc3c2C1. The van der Waals surface area contributed by atoms with Crippen molar-refractivity contribution in [1.82, 2.24) is 9.97 Å². The van der Waals surface area contributed by atoms with E-state index in [9.17, 15) is 0 Å². The molecule has 1 atom stereocenters. The largest absolute Gasteiger partial charge is 0.455 e. The molecule has 20 heavy (non-hydrogen) atoms. The molecule has 1 unspecified atom stereocenters. The molecule has 5 nitrogen and oxygen atoms in total. The molecule has 2 N–H and O–H groups in total. The third-order valence-electron chi connectivity index (χ3n) is 4.54. The fourth-order valence-corrected chi connectivity index (χ4v) is 3.45. The molecular formula is C15H20N4O. The Morgan fingerprint density at radius 2 is 2.05 bits per heavy atom. The zero-order valence-electron chi connectivity index (χ0n) is 11.9. The van der Waals surface area contributed by atoms with Crippen molar-refractivity contribution in [3.8, 4) is 0 Å². The van der Waals surface area contributed by atoms with E-state index in [0.29, 0.717) is 11.9 Å². The molecular weight excluding hydrogens is 252 g/mol. The first-order valence-corrected chi connectivity index (χ1v) is 7.55. The molecule has 0 bridgehead atoms. The van der Waals surface area contributed by atoms with Crippen LogP contribution in [0.3, 0.4) is 0 Å². The van der Waals surface area contributed by atoms with Gasteiger partial charge in [-0.3, -0.25) is 0 Å². The van der Waals surface area contributed by atoms with Crippen LogP contribution in [0.25, 0.3) is 11.1 Å². The zero-order valence-corrected chi connectivity index (χ0v) is 11.9. The maximum atomic E-state index is 6.12. The van der Waals surface area contributed by atoms with Crippen molar-refractivity contribution in [2.75, 3.05) is 23.7 Å². The first-order valence-electron chi connectivity index (χ1n) is 7.55. The van der Waals surface area contributed by atoms with E-state index in [0.717, 1.165) is 48.6 Å². The molecule has 2 aliphatic rings. The average molecular weight is 272 g/mol. The fraction of sp³-hybridized carbons (Fsp3) is 0.600. The molecule has 1 aliphatic heterocycles. The van der Waals surface area contributed by atoms with Gasteiger partial charge in [-0.1, -0.05) is 6.92 Å². The van der Waals surface area contributed by atoms with Crippen molar-refractivity contribution in [1.29, 1.82) is 0 Å². The summed E-state index contributed by atoms with van der Waals surface area (Å²) in [6.07, 6.45) is 5.66. The van der Waals surface area contributed by atoms with Crippen LogP contribution in [0.2, 0.25) is 0 Å². The van der Waals surface area contributed by atoms with E-state index in [1.165, 1.54) is 24.8 Å². The van der Waals surface area contributed by atoms with Gasteiger partial charge in [0.05, 0.1) is 0 Å². The molecule has 1 aliphatic carbocycles. The second-order valence-electron chi connectivity index (χ2n) is 6.13. The van der Waals surface area contributed by atoms with Gasteiger partial charge in [0.15, 0.2) is 11.4 Å². The van der Waals surface area contributed by atoms with Gasteiger partial charge in [0, 0.05) is 25.1 Å². The van der Waals surface area contributed by atoms with Crippen LogP contribution in [-0.4, -0.2) is 23.1 Å². The normalized spacial score (nSPS) is 22.4. The quantitative estimate of drug-likeness (QED) is 0.864. The van der Waals surface area contributed by atoms with Gasteiger partial charge < -0.3 is 15.1 Å². The summed E-state index contributed by atoms with van der Waals surface area (Å²) < 4.78 is 6.12. The highest BCUT2D eigenvalue weighted by Gasteiger charge is 2.27. The van der Waals surface area contributed by atoms with Crippen molar-refractivity contribution >= 4 is 22.9 Å². The number of nitrogens with two attached hydrogens (primary N) is 1. The summed E-state index contributed by atoms with van der Waals surface area (Å²) in [5, 5.41) is 0. The highest BCUT2D eigenvalue weighted by Crippen LogP contribution is 2.37. The zero-order chi connectivity index (χ0) is 13.7. The number of nitrogen functional groups attached to an aromatic ring is 1. The molecule has 0 aromatic carbocycles. The lowest BCUT2D eigenvalue weighted by atomic mass is 9.89. The Morgan fingerprint density at radius 1 is 1.25 bits per heavy atom. The Labute approximate surface area is 118 Å². The first kappa shape index (κ1) is 12.0. The van der Waals surface area contributed by atoms with Crippen LogP contribution in [0, 0.1) is 5.92 Å². The van der Waals surface area contributed by atoms with Crippen molar-refractivity contribution in [2.45, 2.75) is 39.0 Å². The summed E-state index contributed by atoms with van der Waals surface area (Å²) in [5.74, 6) is 3.04. The van der Waals surface area contributed by atoms with Crippen LogP contribution in [-0.2, 0) is 12.8 Å². The van der Waals surface area contributed by atoms with Crippen molar-refractivity contribution in [2.24, 2.45) is 5.92 Å². The number of nitrogens with zero attached hydrogens (tertiary/aromatic N) is 3. The first-order chi connectivity index (χ1) is 9.72. The standard InChI is InChI=1S/C15H20N4O/c1-9-4-5-11-10(8-9)12-13(20-11)14(18-15(16)17-12)19-6-2-3-7-19/h9H,2-8H2,1H3,(H2,16,17,18). The molecule has 0 saturated carbocycles. The predicted octanol–water partition coefficient (Wildman–Crippen LogP) is 2.53. The summed E-state index contributed by atoms with van der Waals surface area (Å²) in [4.78, 5) is 11.2. The Kier molecular flexibility index (Phi) is 2.62. The van der Waals surface area contributed by atoms with E-state index < -0.39 is 0 Å². The summed E-state index contributed by atoms with van der Waals surface area (Å²) in [6.45, 7) is 4.36. The lowest BCUT2D eigenvalue weighted by Gasteiger charge is -2.16. The Balaban J connectivity index is 1.92. The van der Waals surface area contributed by atoms with Gasteiger partial charge in [-0.25, -0.2) is 4.98 Å². The van der Waals surface area contributed by atoms with Crippen molar-refractivity contribution < 1.29 is 4.42 Å². The fourth-order valence-electron chi connectivity index (χ4n) is 3.45. The van der Waals surface area contributed by atoms with Crippen LogP contribution in [0.5, 0.6) is 0 Å². The average Bonchev–Trinajstić information content (AvgIpc) is 3.05. The maximum Gasteiger partial charge on any atom is 0.222 e. The van der Waals surface area contributed by atoms with Crippen LogP contribution < -0.4 is 10.6 Å². The predicted molar refractivity (Wildman–Crippen MR) is 78.9 cm³/mol. The second kappa shape index (κ2) is 4.36. The highest BCUT2D eigenvalue weighted by atomic mass is 16.3. The second-order valence-corrected chi connectivity index (χ2v) is 6.13. The van der Waals surface area contributed by atoms with Gasteiger partial charge in [0.2, 0.25) is 5.95 Å². The third kappa shape index (κ3) is 1.76. The highest BCUT2D eigenvalue weighted by molar-refractivity contribution is 5.89. The number of fused-ring (bicyclic) bond motifs is 3. The van der Waals surface area contributed by atoms with Crippen molar-refractivity contribution in [3.05, 3.63) is 11.3 Å². The van der Waals surface area contributed by atoms with E-state index in [4.69, 9.17) is 10.2 Å². The molecule has 106 valence electrons. The summed E-state index contributed by atoms with van der Waals surface area (Å²) in [7, 11) is 0. The van der Waals surface area contributed by atoms with Gasteiger partial charge in [-0.05, 0) is 31.6 Å². The molecule has 0 spiro atoms. The number of furan rings is 1. The maximum absolute atomic E-state index is 6.12. The van der Waals surface area contributed by atoms with E-state index in [1.807, 2.05) is 0 Å². The van der Waals surface area contributed by atoms with Gasteiger partial charge in [0.1, 0.15) is 11.3 Å². The van der Waals surface area contributed by atoms with Crippen LogP contribution in [0.4, 0.5) is 11.8 Å². The summed E-state index contributed by atoms with van der Waals surface area (Å²) in [5.41, 5.74) is 8.98. The minimum Gasteiger partial charge on any atom is -0.455 e. The molecule has 5 heteroatoms. The van der Waals surface area contributed by atoms with E-state index >= 15 is 0 Å². The van der Waals surface area contributed by atoms with Gasteiger partial charge in [-0.15, -0.1) is 0 Å². The van der Waals surface area contributed by atoms with E-state index in [2.05, 4.69) is 21.8 Å². The smallest absolute Gasteiger partial charge is 0.222 e. The molecule has 2 aromatic heterocycles. The number of hydrogen-bond acceptors (Lipinski definition) is 5. The Bertz CT molecular complexity index is 657. The molecule has 1 fully saturated rings. The van der Waals surface area contributed by atoms with Gasteiger partial charge in [-0.2, -0.15) is 4.98 Å². The minimum absolute atomic E-state index is 0.362. The number of aromatic nitrogens is 2. The Morgan fingerprint density at radius 3 is 2.85 bits per heavy atom. The molecule has 2 aromatic rings. The lowest BCUT2D eigenvalue weighted by molar-refractivity contribution is 0.438. The molecule has 3 heterocycles. The molecule has 4 rings (SSSR count). The number of hydrogen-bond donors (Lipinski definition) is 1. The Hall–Kier alpha value is -1.78. The molecule has 0 radical (unpaired) electrons. The third-order valence-corrected chi connectivity index (χ3v) is 4.54. The number of aryl methyl sites for hydroxylation is 1. The monoisotopic (exact) mass is 272 g/mol. The van der Waals surface area contributed by atoms with Crippen LogP contribution >= 0.6 is 0 Å². The van der Waals surface area contributed by atoms with Crippen molar-refractivity contribution in [3.63, 3.8) is 0 Å².